The molecule has 1 saturated carbocycles. The van der Waals surface area contributed by atoms with Crippen molar-refractivity contribution in [3.63, 3.8) is 0 Å². The van der Waals surface area contributed by atoms with Crippen molar-refractivity contribution in [3.05, 3.63) is 59.5 Å². The number of carboxylic acids is 1. The monoisotopic (exact) mass is 532 g/mol. The van der Waals surface area contributed by atoms with Crippen molar-refractivity contribution in [3.8, 4) is 17.3 Å². The maximum absolute atomic E-state index is 13.9. The molecule has 1 aromatic heterocycles. The number of carbonyl (C=O) groups is 2. The molecule has 0 spiro atoms. The lowest BCUT2D eigenvalue weighted by molar-refractivity contribution is -0.117. The lowest BCUT2D eigenvalue weighted by atomic mass is 10.2. The van der Waals surface area contributed by atoms with Gasteiger partial charge >= 0.3 is 5.97 Å². The molecule has 4 rings (SSSR count). The zero-order valence-electron chi connectivity index (χ0n) is 20.0. The summed E-state index contributed by atoms with van der Waals surface area (Å²) >= 11 is 0. The van der Waals surface area contributed by atoms with Crippen LogP contribution in [0.1, 0.15) is 28.9 Å². The minimum atomic E-state index is -4.17. The van der Waals surface area contributed by atoms with E-state index in [9.17, 15) is 27.5 Å². The van der Waals surface area contributed by atoms with Gasteiger partial charge in [-0.2, -0.15) is 9.78 Å². The Labute approximate surface area is 212 Å². The summed E-state index contributed by atoms with van der Waals surface area (Å²) in [5.41, 5.74) is 0.160. The highest BCUT2D eigenvalue weighted by atomic mass is 32.2. The number of nitrogens with one attached hydrogen (secondary N) is 2. The minimum absolute atomic E-state index is 0.0274. The molecular weight excluding hydrogens is 507 g/mol. The SMILES string of the molecule is COCCNS(=O)(=O)c1cc(NC(=O)C2CC2)ccc1Oc1c(C)c(C(=O)O)nn1-c1cccc(F)c1. The highest BCUT2D eigenvalue weighted by Gasteiger charge is 2.31. The number of hydrogen-bond donors (Lipinski definition) is 3. The second-order valence-electron chi connectivity index (χ2n) is 8.39. The van der Waals surface area contributed by atoms with Crippen LogP contribution in [0.15, 0.2) is 47.4 Å². The number of methoxy groups -OCH3 is 1. The zero-order chi connectivity index (χ0) is 26.7. The van der Waals surface area contributed by atoms with E-state index >= 15 is 0 Å². The molecule has 11 nitrogen and oxygen atoms in total. The van der Waals surface area contributed by atoms with Crippen LogP contribution in [0, 0.1) is 18.7 Å². The number of hydrogen-bond acceptors (Lipinski definition) is 7. The first-order valence-corrected chi connectivity index (χ1v) is 12.8. The number of benzene rings is 2. The summed E-state index contributed by atoms with van der Waals surface area (Å²) in [6.45, 7) is 1.53. The Balaban J connectivity index is 1.79. The predicted octanol–water partition coefficient (Wildman–Crippen LogP) is 3.08. The van der Waals surface area contributed by atoms with Crippen molar-refractivity contribution < 1.29 is 37.0 Å². The molecule has 2 aromatic carbocycles. The molecule has 13 heteroatoms. The van der Waals surface area contributed by atoms with Crippen molar-refractivity contribution in [2.45, 2.75) is 24.7 Å². The molecule has 3 N–H and O–H groups in total. The van der Waals surface area contributed by atoms with Crippen LogP contribution in [-0.4, -0.2) is 55.4 Å². The van der Waals surface area contributed by atoms with Crippen LogP contribution in [0.25, 0.3) is 5.69 Å². The largest absolute Gasteiger partial charge is 0.476 e. The van der Waals surface area contributed by atoms with Crippen LogP contribution in [0.4, 0.5) is 10.1 Å². The number of aromatic carboxylic acids is 1. The fraction of sp³-hybridized carbons (Fsp3) is 0.292. The standard InChI is InChI=1S/C24H25FN4O7S/c1-14-21(24(31)32)28-29(18-5-3-4-16(25)12-18)23(14)36-19-9-8-17(27-22(30)15-6-7-15)13-20(19)37(33,34)26-10-11-35-2/h3-5,8-9,12-13,15,26H,6-7,10-11H2,1-2H3,(H,27,30)(H,31,32). The molecule has 1 aliphatic rings. The van der Waals surface area contributed by atoms with Gasteiger partial charge in [0.25, 0.3) is 0 Å². The number of aromatic nitrogens is 2. The molecule has 0 unspecified atom stereocenters. The van der Waals surface area contributed by atoms with Gasteiger partial charge in [0.15, 0.2) is 5.69 Å². The number of carbonyl (C=O) groups excluding carboxylic acids is 1. The Bertz CT molecular complexity index is 1450. The van der Waals surface area contributed by atoms with E-state index in [1.54, 1.807) is 0 Å². The predicted molar refractivity (Wildman–Crippen MR) is 130 cm³/mol. The van der Waals surface area contributed by atoms with Crippen LogP contribution in [0.5, 0.6) is 11.6 Å². The van der Waals surface area contributed by atoms with Gasteiger partial charge in [0, 0.05) is 30.8 Å². The Morgan fingerprint density at radius 2 is 1.97 bits per heavy atom. The van der Waals surface area contributed by atoms with E-state index in [4.69, 9.17) is 9.47 Å². The average molecular weight is 533 g/mol. The van der Waals surface area contributed by atoms with Gasteiger partial charge in [-0.25, -0.2) is 22.3 Å². The van der Waals surface area contributed by atoms with Crippen LogP contribution in [0.3, 0.4) is 0 Å². The summed E-state index contributed by atoms with van der Waals surface area (Å²) in [7, 11) is -2.74. The van der Waals surface area contributed by atoms with Gasteiger partial charge in [-0.05, 0) is 56.2 Å². The Morgan fingerprint density at radius 3 is 2.62 bits per heavy atom. The second-order valence-corrected chi connectivity index (χ2v) is 10.1. The molecule has 1 amide bonds. The van der Waals surface area contributed by atoms with Crippen molar-refractivity contribution >= 4 is 27.6 Å². The molecule has 0 bridgehead atoms. The first kappa shape index (κ1) is 26.3. The van der Waals surface area contributed by atoms with Crippen LogP contribution in [0.2, 0.25) is 0 Å². The third-order valence-electron chi connectivity index (χ3n) is 5.58. The molecule has 3 aromatic rings. The molecule has 1 fully saturated rings. The number of amides is 1. The zero-order valence-corrected chi connectivity index (χ0v) is 20.8. The molecule has 196 valence electrons. The van der Waals surface area contributed by atoms with Crippen LogP contribution in [-0.2, 0) is 19.6 Å². The van der Waals surface area contributed by atoms with Crippen molar-refractivity contribution in [2.75, 3.05) is 25.6 Å². The maximum atomic E-state index is 13.9. The lowest BCUT2D eigenvalue weighted by Gasteiger charge is -2.16. The van der Waals surface area contributed by atoms with E-state index in [1.807, 2.05) is 0 Å². The van der Waals surface area contributed by atoms with E-state index < -0.39 is 21.8 Å². The van der Waals surface area contributed by atoms with Crippen LogP contribution < -0.4 is 14.8 Å². The van der Waals surface area contributed by atoms with Crippen LogP contribution >= 0.6 is 0 Å². The maximum Gasteiger partial charge on any atom is 0.356 e. The van der Waals surface area contributed by atoms with Gasteiger partial charge in [-0.3, -0.25) is 4.79 Å². The Hall–Kier alpha value is -3.81. The molecule has 37 heavy (non-hydrogen) atoms. The number of anilines is 1. The van der Waals surface area contributed by atoms with Gasteiger partial charge in [0.05, 0.1) is 12.3 Å². The van der Waals surface area contributed by atoms with Gasteiger partial charge in [-0.1, -0.05) is 6.07 Å². The first-order valence-electron chi connectivity index (χ1n) is 11.3. The van der Waals surface area contributed by atoms with Crippen molar-refractivity contribution in [1.82, 2.24) is 14.5 Å². The van der Waals surface area contributed by atoms with Gasteiger partial charge < -0.3 is 19.9 Å². The van der Waals surface area contributed by atoms with Gasteiger partial charge in [-0.15, -0.1) is 0 Å². The third kappa shape index (κ3) is 5.96. The molecule has 1 aliphatic carbocycles. The quantitative estimate of drug-likeness (QED) is 0.319. The van der Waals surface area contributed by atoms with Gasteiger partial charge in [0.1, 0.15) is 16.5 Å². The molecule has 0 saturated heterocycles. The lowest BCUT2D eigenvalue weighted by Crippen LogP contribution is -2.27. The summed E-state index contributed by atoms with van der Waals surface area (Å²) in [4.78, 5) is 23.7. The third-order valence-corrected chi connectivity index (χ3v) is 7.06. The highest BCUT2D eigenvalue weighted by Crippen LogP contribution is 2.36. The van der Waals surface area contributed by atoms with Crippen molar-refractivity contribution in [2.24, 2.45) is 5.92 Å². The van der Waals surface area contributed by atoms with Crippen molar-refractivity contribution in [1.29, 1.82) is 0 Å². The number of rotatable bonds is 11. The average Bonchev–Trinajstić information content (AvgIpc) is 3.65. The normalized spacial score (nSPS) is 13.4. The van der Waals surface area contributed by atoms with E-state index in [0.29, 0.717) is 0 Å². The fourth-order valence-corrected chi connectivity index (χ4v) is 4.68. The second kappa shape index (κ2) is 10.7. The topological polar surface area (TPSA) is 149 Å². The number of carboxylic acid groups (broad SMARTS) is 1. The smallest absolute Gasteiger partial charge is 0.356 e. The Morgan fingerprint density at radius 1 is 1.22 bits per heavy atom. The molecule has 1 heterocycles. The summed E-state index contributed by atoms with van der Waals surface area (Å²) in [6, 6.07) is 9.32. The fourth-order valence-electron chi connectivity index (χ4n) is 3.52. The number of ether oxygens (including phenoxy) is 2. The van der Waals surface area contributed by atoms with E-state index in [-0.39, 0.29) is 64.1 Å². The summed E-state index contributed by atoms with van der Waals surface area (Å²) in [6.07, 6.45) is 1.54. The summed E-state index contributed by atoms with van der Waals surface area (Å²) in [5, 5.41) is 16.3. The van der Waals surface area contributed by atoms with Gasteiger partial charge in [0.2, 0.25) is 21.8 Å². The van der Waals surface area contributed by atoms with E-state index in [0.717, 1.165) is 23.6 Å². The molecule has 0 aliphatic heterocycles. The first-order chi connectivity index (χ1) is 17.6. The minimum Gasteiger partial charge on any atom is -0.476 e. The molecular formula is C24H25FN4O7S. The molecule has 0 radical (unpaired) electrons. The highest BCUT2D eigenvalue weighted by molar-refractivity contribution is 7.89. The number of nitrogens with zero attached hydrogens (tertiary/aromatic N) is 2. The number of halogens is 1. The van der Waals surface area contributed by atoms with E-state index in [1.165, 1.54) is 50.4 Å². The summed E-state index contributed by atoms with van der Waals surface area (Å²) < 4.78 is 54.6. The molecule has 0 atom stereocenters. The Kier molecular flexibility index (Phi) is 7.57. The number of sulfonamides is 1. The summed E-state index contributed by atoms with van der Waals surface area (Å²) in [5.74, 6) is -2.53. The van der Waals surface area contributed by atoms with E-state index in [2.05, 4.69) is 15.1 Å².